The Labute approximate surface area is 209 Å². The Balaban J connectivity index is 1.58. The number of nitrogens with one attached hydrogen (secondary N) is 2. The van der Waals surface area contributed by atoms with E-state index < -0.39 is 6.29 Å². The summed E-state index contributed by atoms with van der Waals surface area (Å²) in [6.45, 7) is 12.2. The van der Waals surface area contributed by atoms with E-state index in [4.69, 9.17) is 0 Å². The maximum absolute atomic E-state index is 13.7. The van der Waals surface area contributed by atoms with Crippen LogP contribution in [0.25, 0.3) is 0 Å². The minimum Gasteiger partial charge on any atom is -0.356 e. The highest BCUT2D eigenvalue weighted by molar-refractivity contribution is 5.87. The lowest BCUT2D eigenvalue weighted by Crippen LogP contribution is -2.67. The minimum absolute atomic E-state index is 0.0414. The van der Waals surface area contributed by atoms with E-state index in [1.165, 1.54) is 0 Å². The van der Waals surface area contributed by atoms with Crippen LogP contribution < -0.4 is 10.7 Å². The van der Waals surface area contributed by atoms with Gasteiger partial charge in [0.05, 0.1) is 12.5 Å². The van der Waals surface area contributed by atoms with Gasteiger partial charge in [0.25, 0.3) is 0 Å². The molecule has 192 valence electrons. The molecule has 4 unspecified atom stereocenters. The Morgan fingerprint density at radius 2 is 1.86 bits per heavy atom. The van der Waals surface area contributed by atoms with Gasteiger partial charge in [0.1, 0.15) is 0 Å². The molecule has 1 aliphatic carbocycles. The van der Waals surface area contributed by atoms with Gasteiger partial charge in [-0.25, -0.2) is 4.79 Å². The number of carbonyl (C=O) groups is 3. The minimum atomic E-state index is -0.503. The van der Waals surface area contributed by atoms with Crippen molar-refractivity contribution in [2.45, 2.75) is 79.2 Å². The highest BCUT2D eigenvalue weighted by Gasteiger charge is 2.55. The van der Waals surface area contributed by atoms with Gasteiger partial charge in [0.15, 0.2) is 6.29 Å². The van der Waals surface area contributed by atoms with Crippen LogP contribution in [0.3, 0.4) is 0 Å². The van der Waals surface area contributed by atoms with Crippen molar-refractivity contribution in [2.75, 3.05) is 13.1 Å². The number of amides is 4. The summed E-state index contributed by atoms with van der Waals surface area (Å²) in [6, 6.07) is 7.66. The third kappa shape index (κ3) is 5.32. The average molecular weight is 484 g/mol. The van der Waals surface area contributed by atoms with E-state index in [1.807, 2.05) is 41.0 Å². The second-order valence-corrected chi connectivity index (χ2v) is 11.2. The van der Waals surface area contributed by atoms with Crippen LogP contribution in [-0.2, 0) is 16.1 Å². The van der Waals surface area contributed by atoms with Gasteiger partial charge < -0.3 is 10.2 Å². The highest BCUT2D eigenvalue weighted by atomic mass is 16.2. The highest BCUT2D eigenvalue weighted by Crippen LogP contribution is 2.40. The molecule has 1 aromatic rings. The molecule has 0 aromatic heterocycles. The summed E-state index contributed by atoms with van der Waals surface area (Å²) in [6.07, 6.45) is 2.22. The van der Waals surface area contributed by atoms with Crippen LogP contribution >= 0.6 is 0 Å². The number of carbonyl (C=O) groups excluding carboxylic acids is 3. The number of hydrogen-bond donors (Lipinski definition) is 2. The van der Waals surface area contributed by atoms with Crippen LogP contribution in [-0.4, -0.2) is 58.1 Å². The van der Waals surface area contributed by atoms with Crippen LogP contribution in [0, 0.1) is 30.6 Å². The predicted molar refractivity (Wildman–Crippen MR) is 135 cm³/mol. The Bertz CT molecular complexity index is 948. The third-order valence-electron chi connectivity index (χ3n) is 7.65. The molecule has 8 heteroatoms. The number of hydrogen-bond acceptors (Lipinski definition) is 4. The first-order chi connectivity index (χ1) is 16.7. The Morgan fingerprint density at radius 3 is 2.54 bits per heavy atom. The van der Waals surface area contributed by atoms with Crippen LogP contribution in [0.5, 0.6) is 0 Å². The van der Waals surface area contributed by atoms with E-state index in [0.29, 0.717) is 50.7 Å². The van der Waals surface area contributed by atoms with Gasteiger partial charge in [-0.15, -0.1) is 0 Å². The number of rotatable bonds is 8. The van der Waals surface area contributed by atoms with Gasteiger partial charge >= 0.3 is 6.03 Å². The molecule has 8 nitrogen and oxygen atoms in total. The number of nitrogens with zero attached hydrogens (tertiary/aromatic N) is 3. The summed E-state index contributed by atoms with van der Waals surface area (Å²) < 4.78 is 0. The van der Waals surface area contributed by atoms with Crippen molar-refractivity contribution in [1.29, 1.82) is 0 Å². The molecule has 3 fully saturated rings. The molecule has 0 bridgehead atoms. The lowest BCUT2D eigenvalue weighted by molar-refractivity contribution is -0.159. The molecule has 4 atom stereocenters. The molecular weight excluding hydrogens is 442 g/mol. The summed E-state index contributed by atoms with van der Waals surface area (Å²) in [5.41, 5.74) is 5.55. The number of hydrazine groups is 1. The Kier molecular flexibility index (Phi) is 7.69. The first-order valence-electron chi connectivity index (χ1n) is 13.2. The molecule has 2 saturated heterocycles. The SMILES string of the molecule is Cc1ccccc1CN1NC2N(CCC(C)C)C(=O)C3CCC(C(=O)NCC(C)C)CC3N2C1=O. The average Bonchev–Trinajstić information content (AvgIpc) is 3.14. The van der Waals surface area contributed by atoms with E-state index in [0.717, 1.165) is 17.5 Å². The molecule has 35 heavy (non-hydrogen) atoms. The van der Waals surface area contributed by atoms with Crippen LogP contribution in [0.1, 0.15) is 64.5 Å². The molecule has 2 heterocycles. The van der Waals surface area contributed by atoms with E-state index >= 15 is 0 Å². The van der Waals surface area contributed by atoms with E-state index in [2.05, 4.69) is 38.4 Å². The normalized spacial score (nSPS) is 26.4. The molecule has 2 N–H and O–H groups in total. The van der Waals surface area contributed by atoms with Crippen LogP contribution in [0.15, 0.2) is 24.3 Å². The Morgan fingerprint density at radius 1 is 1.11 bits per heavy atom. The largest absolute Gasteiger partial charge is 0.356 e. The van der Waals surface area contributed by atoms with Crippen molar-refractivity contribution in [1.82, 2.24) is 25.6 Å². The summed E-state index contributed by atoms with van der Waals surface area (Å²) >= 11 is 0. The molecule has 4 amide bonds. The Hall–Kier alpha value is -2.61. The van der Waals surface area contributed by atoms with Gasteiger partial charge in [-0.05, 0) is 55.6 Å². The summed E-state index contributed by atoms with van der Waals surface area (Å²) in [5, 5.41) is 4.70. The second kappa shape index (κ2) is 10.6. The number of benzene rings is 1. The number of fused-ring (bicyclic) bond motifs is 3. The van der Waals surface area contributed by atoms with Gasteiger partial charge in [-0.1, -0.05) is 52.0 Å². The lowest BCUT2D eigenvalue weighted by atomic mass is 9.75. The lowest BCUT2D eigenvalue weighted by Gasteiger charge is -2.50. The van der Waals surface area contributed by atoms with Gasteiger partial charge in [-0.2, -0.15) is 5.43 Å². The van der Waals surface area contributed by atoms with E-state index in [9.17, 15) is 14.4 Å². The van der Waals surface area contributed by atoms with Crippen molar-refractivity contribution < 1.29 is 14.4 Å². The maximum Gasteiger partial charge on any atom is 0.337 e. The molecule has 2 aliphatic heterocycles. The maximum atomic E-state index is 13.7. The van der Waals surface area contributed by atoms with Gasteiger partial charge in [0, 0.05) is 25.0 Å². The third-order valence-corrected chi connectivity index (χ3v) is 7.65. The number of urea groups is 1. The van der Waals surface area contributed by atoms with Crippen molar-refractivity contribution in [2.24, 2.45) is 23.7 Å². The quantitative estimate of drug-likeness (QED) is 0.593. The van der Waals surface area contributed by atoms with Crippen molar-refractivity contribution in [3.05, 3.63) is 35.4 Å². The number of aryl methyl sites for hydroxylation is 1. The smallest absolute Gasteiger partial charge is 0.337 e. The summed E-state index contributed by atoms with van der Waals surface area (Å²) in [4.78, 5) is 44.0. The molecule has 0 radical (unpaired) electrons. The molecule has 3 aliphatic rings. The molecule has 1 saturated carbocycles. The zero-order valence-electron chi connectivity index (χ0n) is 21.8. The molecule has 0 spiro atoms. The molecule has 1 aromatic carbocycles. The fraction of sp³-hybridized carbons (Fsp3) is 0.667. The zero-order chi connectivity index (χ0) is 25.3. The van der Waals surface area contributed by atoms with Crippen LogP contribution in [0.4, 0.5) is 4.79 Å². The van der Waals surface area contributed by atoms with Crippen molar-refractivity contribution >= 4 is 17.8 Å². The standard InChI is InChI=1S/C27H41N5O3/c1-17(2)12-13-30-25(34)22-11-10-20(24(33)28-15-18(3)4)14-23(22)32-26(30)29-31(27(32)35)16-21-9-7-6-8-19(21)5/h6-9,17-18,20,22-23,26,29H,10-16H2,1-5H3,(H,28,33). The fourth-order valence-corrected chi connectivity index (χ4v) is 5.51. The van der Waals surface area contributed by atoms with Crippen LogP contribution in [0.2, 0.25) is 0 Å². The topological polar surface area (TPSA) is 85.0 Å². The van der Waals surface area contributed by atoms with Crippen molar-refractivity contribution in [3.8, 4) is 0 Å². The summed E-state index contributed by atoms with van der Waals surface area (Å²) in [7, 11) is 0. The fourth-order valence-electron chi connectivity index (χ4n) is 5.51. The molecule has 4 rings (SSSR count). The second-order valence-electron chi connectivity index (χ2n) is 11.2. The van der Waals surface area contributed by atoms with Gasteiger partial charge in [0.2, 0.25) is 11.8 Å². The van der Waals surface area contributed by atoms with E-state index in [-0.39, 0.29) is 35.7 Å². The summed E-state index contributed by atoms with van der Waals surface area (Å²) in [5.74, 6) is 0.552. The first-order valence-corrected chi connectivity index (χ1v) is 13.2. The molecular formula is C27H41N5O3. The predicted octanol–water partition coefficient (Wildman–Crippen LogP) is 3.47. The first kappa shape index (κ1) is 25.5. The van der Waals surface area contributed by atoms with E-state index in [1.54, 1.807) is 5.01 Å². The van der Waals surface area contributed by atoms with Crippen molar-refractivity contribution in [3.63, 3.8) is 0 Å². The zero-order valence-corrected chi connectivity index (χ0v) is 21.8. The van der Waals surface area contributed by atoms with Gasteiger partial charge in [-0.3, -0.25) is 19.5 Å². The monoisotopic (exact) mass is 483 g/mol.